The minimum Gasteiger partial charge on any atom is -0.481 e. The molecule has 3 nitrogen and oxygen atoms in total. The van der Waals surface area contributed by atoms with Gasteiger partial charge >= 0.3 is 0 Å². The third-order valence-corrected chi connectivity index (χ3v) is 2.05. The lowest BCUT2D eigenvalue weighted by Gasteiger charge is -2.10. The van der Waals surface area contributed by atoms with Crippen molar-refractivity contribution in [1.29, 1.82) is 0 Å². The van der Waals surface area contributed by atoms with E-state index < -0.39 is 5.97 Å². The van der Waals surface area contributed by atoms with Crippen molar-refractivity contribution >= 4 is 5.97 Å². The second kappa shape index (κ2) is 10.4. The van der Waals surface area contributed by atoms with E-state index in [1.165, 1.54) is 5.57 Å². The molecule has 0 saturated carbocycles. The molecule has 0 aliphatic heterocycles. The van der Waals surface area contributed by atoms with Gasteiger partial charge in [0, 0.05) is 6.92 Å². The Morgan fingerprint density at radius 2 is 1.81 bits per heavy atom. The number of carboxylic acids is 1. The molecule has 0 rings (SSSR count). The third-order valence-electron chi connectivity index (χ3n) is 2.05. The van der Waals surface area contributed by atoms with Crippen LogP contribution in [0.1, 0.15) is 40.5 Å². The molecule has 3 heteroatoms. The van der Waals surface area contributed by atoms with Gasteiger partial charge in [-0.25, -0.2) is 0 Å². The lowest BCUT2D eigenvalue weighted by atomic mass is 9.97. The Bertz CT molecular complexity index is 234. The van der Waals surface area contributed by atoms with Gasteiger partial charge in [-0.15, -0.1) is 0 Å². The number of aliphatic hydroxyl groups excluding tert-OH is 1. The maximum Gasteiger partial charge on any atom is 0.300 e. The average molecular weight is 228 g/mol. The van der Waals surface area contributed by atoms with Gasteiger partial charge < -0.3 is 10.2 Å². The minimum absolute atomic E-state index is 0.121. The summed E-state index contributed by atoms with van der Waals surface area (Å²) in [6.45, 7) is 11.3. The average Bonchev–Trinajstić information content (AvgIpc) is 2.14. The predicted molar refractivity (Wildman–Crippen MR) is 67.4 cm³/mol. The first-order valence-electron chi connectivity index (χ1n) is 5.42. The highest BCUT2D eigenvalue weighted by molar-refractivity contribution is 5.62. The normalized spacial score (nSPS) is 10.8. The fourth-order valence-corrected chi connectivity index (χ4v) is 0.982. The quantitative estimate of drug-likeness (QED) is 0.711. The van der Waals surface area contributed by atoms with Crippen molar-refractivity contribution < 1.29 is 15.0 Å². The number of hydrogen-bond donors (Lipinski definition) is 2. The van der Waals surface area contributed by atoms with Crippen molar-refractivity contribution in [3.8, 4) is 0 Å². The first-order chi connectivity index (χ1) is 7.31. The molecule has 0 spiro atoms. The Balaban J connectivity index is 0. The summed E-state index contributed by atoms with van der Waals surface area (Å²) in [5, 5.41) is 16.2. The second-order valence-electron chi connectivity index (χ2n) is 4.10. The summed E-state index contributed by atoms with van der Waals surface area (Å²) in [5.41, 5.74) is 2.30. The lowest BCUT2D eigenvalue weighted by Crippen LogP contribution is -2.01. The molecule has 0 saturated heterocycles. The zero-order valence-electron chi connectivity index (χ0n) is 10.8. The summed E-state index contributed by atoms with van der Waals surface area (Å²) < 4.78 is 0. The smallest absolute Gasteiger partial charge is 0.300 e. The summed E-state index contributed by atoms with van der Waals surface area (Å²) in [5.74, 6) is -0.398. The summed E-state index contributed by atoms with van der Waals surface area (Å²) in [6.07, 6.45) is 4.40. The Labute approximate surface area is 98.5 Å². The number of aliphatic hydroxyl groups is 1. The van der Waals surface area contributed by atoms with Crippen LogP contribution in [0, 0.1) is 5.92 Å². The van der Waals surface area contributed by atoms with Gasteiger partial charge in [0.15, 0.2) is 0 Å². The Kier molecular flexibility index (Phi) is 11.3. The third kappa shape index (κ3) is 15.4. The van der Waals surface area contributed by atoms with Crippen LogP contribution in [-0.2, 0) is 4.79 Å². The molecular formula is C13H24O3. The molecule has 2 N–H and O–H groups in total. The van der Waals surface area contributed by atoms with E-state index in [0.717, 1.165) is 25.3 Å². The van der Waals surface area contributed by atoms with Crippen LogP contribution in [0.2, 0.25) is 0 Å². The molecule has 0 aliphatic carbocycles. The van der Waals surface area contributed by atoms with Crippen LogP contribution in [0.5, 0.6) is 0 Å². The van der Waals surface area contributed by atoms with Gasteiger partial charge in [0.05, 0.1) is 6.61 Å². The van der Waals surface area contributed by atoms with Crippen LogP contribution >= 0.6 is 0 Å². The molecule has 0 aliphatic rings. The fourth-order valence-electron chi connectivity index (χ4n) is 0.982. The molecule has 0 heterocycles. The maximum absolute atomic E-state index is 9.00. The highest BCUT2D eigenvalue weighted by Crippen LogP contribution is 2.14. The standard InChI is InChI=1S/C11H20O.C2H4O2/c1-9(2)6-5-7-10(3)11(4)8-12;1-2(3)4/h6,10,12H,4-5,7-8H2,1-3H3;1H3,(H,3,4). The van der Waals surface area contributed by atoms with Crippen LogP contribution in [-0.4, -0.2) is 22.8 Å². The van der Waals surface area contributed by atoms with Crippen LogP contribution < -0.4 is 0 Å². The van der Waals surface area contributed by atoms with Crippen molar-refractivity contribution in [2.75, 3.05) is 6.61 Å². The maximum atomic E-state index is 9.00. The van der Waals surface area contributed by atoms with Crippen molar-refractivity contribution in [3.63, 3.8) is 0 Å². The van der Waals surface area contributed by atoms with E-state index >= 15 is 0 Å². The molecule has 1 atom stereocenters. The summed E-state index contributed by atoms with van der Waals surface area (Å²) >= 11 is 0. The van der Waals surface area contributed by atoms with Crippen molar-refractivity contribution in [2.24, 2.45) is 5.92 Å². The highest BCUT2D eigenvalue weighted by atomic mass is 16.4. The fraction of sp³-hybridized carbons (Fsp3) is 0.615. The largest absolute Gasteiger partial charge is 0.481 e. The van der Waals surface area contributed by atoms with Gasteiger partial charge in [0.2, 0.25) is 0 Å². The van der Waals surface area contributed by atoms with Crippen molar-refractivity contribution in [2.45, 2.75) is 40.5 Å². The Hall–Kier alpha value is -1.09. The van der Waals surface area contributed by atoms with E-state index in [-0.39, 0.29) is 6.61 Å². The van der Waals surface area contributed by atoms with Crippen LogP contribution in [0.15, 0.2) is 23.8 Å². The number of allylic oxidation sites excluding steroid dienone is 2. The Morgan fingerprint density at radius 1 is 1.38 bits per heavy atom. The molecule has 1 unspecified atom stereocenters. The number of carboxylic acid groups (broad SMARTS) is 1. The molecule has 16 heavy (non-hydrogen) atoms. The molecule has 94 valence electrons. The first kappa shape index (κ1) is 17.3. The van der Waals surface area contributed by atoms with E-state index in [9.17, 15) is 0 Å². The van der Waals surface area contributed by atoms with Gasteiger partial charge in [-0.3, -0.25) is 4.79 Å². The molecule has 0 fully saturated rings. The SMILES string of the molecule is C=C(CO)C(C)CCC=C(C)C.CC(=O)O. The number of hydrogen-bond acceptors (Lipinski definition) is 2. The van der Waals surface area contributed by atoms with E-state index in [1.807, 2.05) is 0 Å². The lowest BCUT2D eigenvalue weighted by molar-refractivity contribution is -0.134. The molecule has 0 radical (unpaired) electrons. The zero-order valence-corrected chi connectivity index (χ0v) is 10.8. The topological polar surface area (TPSA) is 57.5 Å². The highest BCUT2D eigenvalue weighted by Gasteiger charge is 2.03. The van der Waals surface area contributed by atoms with Gasteiger partial charge in [-0.05, 0) is 38.2 Å². The molecule has 0 aromatic heterocycles. The van der Waals surface area contributed by atoms with E-state index in [0.29, 0.717) is 5.92 Å². The number of rotatable bonds is 5. The number of carbonyl (C=O) groups is 1. The molecule has 0 amide bonds. The molecule has 0 aromatic carbocycles. The summed E-state index contributed by atoms with van der Waals surface area (Å²) in [7, 11) is 0. The van der Waals surface area contributed by atoms with Gasteiger partial charge in [0.25, 0.3) is 5.97 Å². The molecule has 0 aromatic rings. The van der Waals surface area contributed by atoms with Gasteiger partial charge in [-0.1, -0.05) is 25.2 Å². The minimum atomic E-state index is -0.833. The van der Waals surface area contributed by atoms with E-state index in [1.54, 1.807) is 0 Å². The van der Waals surface area contributed by atoms with E-state index in [2.05, 4.69) is 33.4 Å². The predicted octanol–water partition coefficient (Wildman–Crippen LogP) is 3.01. The summed E-state index contributed by atoms with van der Waals surface area (Å²) in [6, 6.07) is 0. The van der Waals surface area contributed by atoms with Gasteiger partial charge in [0.1, 0.15) is 0 Å². The monoisotopic (exact) mass is 228 g/mol. The molecular weight excluding hydrogens is 204 g/mol. The van der Waals surface area contributed by atoms with Crippen LogP contribution in [0.4, 0.5) is 0 Å². The zero-order chi connectivity index (χ0) is 13.1. The van der Waals surface area contributed by atoms with Crippen molar-refractivity contribution in [1.82, 2.24) is 0 Å². The Morgan fingerprint density at radius 3 is 2.12 bits per heavy atom. The van der Waals surface area contributed by atoms with Gasteiger partial charge in [-0.2, -0.15) is 0 Å². The van der Waals surface area contributed by atoms with Crippen molar-refractivity contribution in [3.05, 3.63) is 23.8 Å². The second-order valence-corrected chi connectivity index (χ2v) is 4.10. The first-order valence-corrected chi connectivity index (χ1v) is 5.42. The summed E-state index contributed by atoms with van der Waals surface area (Å²) in [4.78, 5) is 9.00. The molecule has 0 bridgehead atoms. The van der Waals surface area contributed by atoms with E-state index in [4.69, 9.17) is 15.0 Å². The van der Waals surface area contributed by atoms with Crippen LogP contribution in [0.3, 0.4) is 0 Å². The van der Waals surface area contributed by atoms with Crippen LogP contribution in [0.25, 0.3) is 0 Å². The number of aliphatic carboxylic acids is 1.